The van der Waals surface area contributed by atoms with E-state index in [9.17, 15) is 14.4 Å². The van der Waals surface area contributed by atoms with Crippen molar-refractivity contribution in [1.29, 1.82) is 0 Å². The molecule has 0 saturated carbocycles. The van der Waals surface area contributed by atoms with Gasteiger partial charge >= 0.3 is 0 Å². The molecule has 1 aliphatic rings. The van der Waals surface area contributed by atoms with Crippen molar-refractivity contribution in [2.24, 2.45) is 5.92 Å². The highest BCUT2D eigenvalue weighted by Gasteiger charge is 2.30. The molecule has 2 atom stereocenters. The highest BCUT2D eigenvalue weighted by molar-refractivity contribution is 5.90. The van der Waals surface area contributed by atoms with Crippen LogP contribution in [0.3, 0.4) is 0 Å². The van der Waals surface area contributed by atoms with Crippen molar-refractivity contribution in [3.63, 3.8) is 0 Å². The molecule has 3 N–H and O–H groups in total. The number of rotatable bonds is 13. The maximum Gasteiger partial charge on any atom is 0.247 e. The first-order valence-electron chi connectivity index (χ1n) is 11.7. The second-order valence-electron chi connectivity index (χ2n) is 8.38. The Balaban J connectivity index is 2.04. The number of hydroxylamine groups is 1. The van der Waals surface area contributed by atoms with Crippen molar-refractivity contribution in [1.82, 2.24) is 15.7 Å². The lowest BCUT2D eigenvalue weighted by Gasteiger charge is -2.31. The molecule has 0 radical (unpaired) electrons. The van der Waals surface area contributed by atoms with E-state index in [4.69, 9.17) is 9.94 Å². The second kappa shape index (κ2) is 14.6. The van der Waals surface area contributed by atoms with Gasteiger partial charge in [-0.15, -0.1) is 0 Å². The molecule has 2 rings (SSSR count). The van der Waals surface area contributed by atoms with E-state index in [-0.39, 0.29) is 24.8 Å². The molecule has 1 heterocycles. The number of benzene rings is 1. The summed E-state index contributed by atoms with van der Waals surface area (Å²) in [6.45, 7) is 3.82. The van der Waals surface area contributed by atoms with Crippen molar-refractivity contribution in [3.8, 4) is 0 Å². The van der Waals surface area contributed by atoms with Gasteiger partial charge in [0.2, 0.25) is 17.7 Å². The molecule has 1 saturated heterocycles. The number of piperidine rings is 1. The smallest absolute Gasteiger partial charge is 0.247 e. The number of carbonyl (C=O) groups excluding carboxylic acids is 3. The number of nitrogens with one attached hydrogen (secondary N) is 2. The van der Waals surface area contributed by atoms with Gasteiger partial charge in [-0.25, -0.2) is 5.48 Å². The van der Waals surface area contributed by atoms with Gasteiger partial charge in [0.15, 0.2) is 0 Å². The Hall–Kier alpha value is -2.45. The van der Waals surface area contributed by atoms with Crippen LogP contribution in [0.5, 0.6) is 0 Å². The van der Waals surface area contributed by atoms with Gasteiger partial charge in [-0.2, -0.15) is 0 Å². The van der Waals surface area contributed by atoms with Crippen LogP contribution in [-0.2, 0) is 25.7 Å². The van der Waals surface area contributed by atoms with E-state index in [0.29, 0.717) is 26.1 Å². The molecular formula is C24H37N3O5. The fraction of sp³-hybridized carbons (Fsp3) is 0.625. The third kappa shape index (κ3) is 8.96. The third-order valence-electron chi connectivity index (χ3n) is 5.76. The van der Waals surface area contributed by atoms with E-state index in [1.54, 1.807) is 10.4 Å². The highest BCUT2D eigenvalue weighted by Crippen LogP contribution is 2.16. The first-order chi connectivity index (χ1) is 15.5. The summed E-state index contributed by atoms with van der Waals surface area (Å²) in [7, 11) is 0. The normalized spacial score (nSPS) is 15.6. The lowest BCUT2D eigenvalue weighted by molar-refractivity contribution is -0.141. The Morgan fingerprint density at radius 3 is 2.47 bits per heavy atom. The van der Waals surface area contributed by atoms with E-state index in [1.807, 2.05) is 30.3 Å². The van der Waals surface area contributed by atoms with Gasteiger partial charge in [0.25, 0.3) is 0 Å². The number of hydrogen-bond donors (Lipinski definition) is 3. The number of unbranched alkanes of at least 4 members (excludes halogenated alkanes) is 2. The van der Waals surface area contributed by atoms with E-state index in [1.165, 1.54) is 0 Å². The van der Waals surface area contributed by atoms with Gasteiger partial charge in [0.1, 0.15) is 6.04 Å². The minimum absolute atomic E-state index is 0.0594. The minimum Gasteiger partial charge on any atom is -0.374 e. The van der Waals surface area contributed by atoms with Crippen LogP contribution in [0.4, 0.5) is 0 Å². The zero-order valence-electron chi connectivity index (χ0n) is 19.1. The lowest BCUT2D eigenvalue weighted by atomic mass is 9.96. The van der Waals surface area contributed by atoms with Crippen molar-refractivity contribution in [3.05, 3.63) is 35.9 Å². The van der Waals surface area contributed by atoms with Crippen LogP contribution < -0.4 is 10.8 Å². The summed E-state index contributed by atoms with van der Waals surface area (Å²) in [4.78, 5) is 39.7. The van der Waals surface area contributed by atoms with E-state index in [2.05, 4.69) is 12.2 Å². The monoisotopic (exact) mass is 447 g/mol. The number of amides is 3. The van der Waals surface area contributed by atoms with Gasteiger partial charge in [0.05, 0.1) is 13.2 Å². The number of likely N-dealkylation sites (tertiary alicyclic amines) is 1. The topological polar surface area (TPSA) is 108 Å². The molecule has 3 amide bonds. The Labute approximate surface area is 190 Å². The molecule has 8 heteroatoms. The molecule has 0 aliphatic carbocycles. The van der Waals surface area contributed by atoms with Crippen LogP contribution in [0.15, 0.2) is 30.3 Å². The van der Waals surface area contributed by atoms with Crippen LogP contribution in [0.25, 0.3) is 0 Å². The van der Waals surface area contributed by atoms with Crippen LogP contribution in [-0.4, -0.2) is 53.6 Å². The summed E-state index contributed by atoms with van der Waals surface area (Å²) in [5, 5.41) is 11.7. The summed E-state index contributed by atoms with van der Waals surface area (Å²) >= 11 is 0. The minimum atomic E-state index is -0.810. The van der Waals surface area contributed by atoms with E-state index >= 15 is 0 Å². The maximum absolute atomic E-state index is 13.1. The Morgan fingerprint density at radius 1 is 1.09 bits per heavy atom. The molecule has 1 fully saturated rings. The van der Waals surface area contributed by atoms with Crippen molar-refractivity contribution < 1.29 is 24.3 Å². The fourth-order valence-corrected chi connectivity index (χ4v) is 3.90. The summed E-state index contributed by atoms with van der Waals surface area (Å²) in [6, 6.07) is 8.84. The molecule has 8 nitrogen and oxygen atoms in total. The van der Waals surface area contributed by atoms with Crippen LogP contribution in [0.1, 0.15) is 63.9 Å². The van der Waals surface area contributed by atoms with Crippen LogP contribution >= 0.6 is 0 Å². The van der Waals surface area contributed by atoms with Crippen molar-refractivity contribution >= 4 is 17.7 Å². The molecule has 0 unspecified atom stereocenters. The molecule has 0 bridgehead atoms. The summed E-state index contributed by atoms with van der Waals surface area (Å²) < 4.78 is 5.79. The zero-order valence-corrected chi connectivity index (χ0v) is 19.1. The van der Waals surface area contributed by atoms with Gasteiger partial charge < -0.3 is 15.0 Å². The molecule has 0 spiro atoms. The molecule has 1 aromatic rings. The number of carbonyl (C=O) groups is 3. The van der Waals surface area contributed by atoms with Gasteiger partial charge in [-0.3, -0.25) is 19.6 Å². The van der Waals surface area contributed by atoms with Gasteiger partial charge in [0, 0.05) is 25.4 Å². The summed E-state index contributed by atoms with van der Waals surface area (Å²) in [5.74, 6) is -1.73. The lowest BCUT2D eigenvalue weighted by Crippen LogP contribution is -2.53. The fourth-order valence-electron chi connectivity index (χ4n) is 3.90. The Morgan fingerprint density at radius 2 is 1.81 bits per heavy atom. The summed E-state index contributed by atoms with van der Waals surface area (Å²) in [5.41, 5.74) is 2.59. The predicted molar refractivity (Wildman–Crippen MR) is 121 cm³/mol. The molecule has 1 aromatic carbocycles. The average molecular weight is 448 g/mol. The average Bonchev–Trinajstić information content (AvgIpc) is 2.83. The molecule has 0 aromatic heterocycles. The number of nitrogens with zero attached hydrogens (tertiary/aromatic N) is 1. The second-order valence-corrected chi connectivity index (χ2v) is 8.38. The van der Waals surface area contributed by atoms with E-state index in [0.717, 1.165) is 44.1 Å². The Bertz CT molecular complexity index is 707. The van der Waals surface area contributed by atoms with Crippen molar-refractivity contribution in [2.45, 2.75) is 70.9 Å². The first kappa shape index (κ1) is 25.8. The zero-order chi connectivity index (χ0) is 23.2. The SMILES string of the molecule is CCCCC[C@@H](CC(=O)NO)C(=O)N[C@H](COCc1ccccc1)C(=O)N1CCCCC1. The van der Waals surface area contributed by atoms with Crippen LogP contribution in [0, 0.1) is 5.92 Å². The molecule has 32 heavy (non-hydrogen) atoms. The number of hydrogen-bond acceptors (Lipinski definition) is 5. The quantitative estimate of drug-likeness (QED) is 0.245. The van der Waals surface area contributed by atoms with Crippen molar-refractivity contribution in [2.75, 3.05) is 19.7 Å². The maximum atomic E-state index is 13.1. The highest BCUT2D eigenvalue weighted by atomic mass is 16.5. The van der Waals surface area contributed by atoms with E-state index < -0.39 is 17.9 Å². The largest absolute Gasteiger partial charge is 0.374 e. The molecule has 1 aliphatic heterocycles. The van der Waals surface area contributed by atoms with Gasteiger partial charge in [-0.1, -0.05) is 56.5 Å². The van der Waals surface area contributed by atoms with Gasteiger partial charge in [-0.05, 0) is 31.2 Å². The standard InChI is InChI=1S/C24H37N3O5/c1-2-3-6-13-20(16-22(28)26-31)23(29)25-21(24(30)27-14-9-5-10-15-27)18-32-17-19-11-7-4-8-12-19/h4,7-8,11-12,20-21,31H,2-3,5-6,9-10,13-18H2,1H3,(H,25,29)(H,26,28)/t20-,21+/m0/s1. The number of ether oxygens (including phenoxy) is 1. The third-order valence-corrected chi connectivity index (χ3v) is 5.76. The molecule has 178 valence electrons. The van der Waals surface area contributed by atoms with Crippen LogP contribution in [0.2, 0.25) is 0 Å². The summed E-state index contributed by atoms with van der Waals surface area (Å²) in [6.07, 6.45) is 6.12. The predicted octanol–water partition coefficient (Wildman–Crippen LogP) is 2.79. The Kier molecular flexibility index (Phi) is 11.8. The molecular weight excluding hydrogens is 410 g/mol. The first-order valence-corrected chi connectivity index (χ1v) is 11.7.